The van der Waals surface area contributed by atoms with Gasteiger partial charge in [-0.25, -0.2) is 13.4 Å². The van der Waals surface area contributed by atoms with Crippen LogP contribution in [0.5, 0.6) is 0 Å². The highest BCUT2D eigenvalue weighted by Crippen LogP contribution is 2.25. The third kappa shape index (κ3) is 5.98. The fraction of sp³-hybridized carbons (Fsp3) is 0.273. The van der Waals surface area contributed by atoms with Crippen LogP contribution in [0.25, 0.3) is 10.6 Å². The van der Waals surface area contributed by atoms with Gasteiger partial charge in [0.1, 0.15) is 10.8 Å². The summed E-state index contributed by atoms with van der Waals surface area (Å²) in [5.41, 5.74) is 4.41. The normalized spacial score (nSPS) is 11.4. The number of hydrogen-bond acceptors (Lipinski definition) is 5. The standard InChI is InChI=1S/C22H24N2O3S2/c1-3-16-5-9-18(10-6-16)22-24-20(13-28-22)14-29(26,27)15-21(25)23-19-11-7-17(4-2)8-12-19/h5-13H,3-4,14-15H2,1-2H3,(H,23,25). The van der Waals surface area contributed by atoms with Crippen LogP contribution in [0, 0.1) is 0 Å². The van der Waals surface area contributed by atoms with Gasteiger partial charge in [-0.1, -0.05) is 50.2 Å². The number of carbonyl (C=O) groups excluding carboxylic acids is 1. The van der Waals surface area contributed by atoms with Gasteiger partial charge in [-0.2, -0.15) is 0 Å². The molecule has 0 aliphatic rings. The molecule has 1 amide bonds. The first-order chi connectivity index (χ1) is 13.9. The summed E-state index contributed by atoms with van der Waals surface area (Å²) in [6, 6.07) is 15.5. The minimum Gasteiger partial charge on any atom is -0.325 e. The van der Waals surface area contributed by atoms with Crippen molar-refractivity contribution in [2.24, 2.45) is 0 Å². The summed E-state index contributed by atoms with van der Waals surface area (Å²) < 4.78 is 24.9. The van der Waals surface area contributed by atoms with Crippen LogP contribution in [-0.4, -0.2) is 25.1 Å². The molecule has 1 aromatic heterocycles. The van der Waals surface area contributed by atoms with Gasteiger partial charge in [0.25, 0.3) is 0 Å². The van der Waals surface area contributed by atoms with Crippen LogP contribution in [0.2, 0.25) is 0 Å². The number of rotatable bonds is 8. The van der Waals surface area contributed by atoms with E-state index in [1.165, 1.54) is 16.9 Å². The predicted molar refractivity (Wildman–Crippen MR) is 119 cm³/mol. The van der Waals surface area contributed by atoms with Crippen molar-refractivity contribution in [3.63, 3.8) is 0 Å². The highest BCUT2D eigenvalue weighted by Gasteiger charge is 2.19. The molecule has 29 heavy (non-hydrogen) atoms. The van der Waals surface area contributed by atoms with E-state index in [0.29, 0.717) is 11.4 Å². The van der Waals surface area contributed by atoms with E-state index >= 15 is 0 Å². The number of nitrogens with zero attached hydrogens (tertiary/aromatic N) is 1. The van der Waals surface area contributed by atoms with Crippen molar-refractivity contribution in [2.45, 2.75) is 32.4 Å². The van der Waals surface area contributed by atoms with Crippen molar-refractivity contribution >= 4 is 32.8 Å². The first-order valence-corrected chi connectivity index (χ1v) is 12.2. The van der Waals surface area contributed by atoms with E-state index < -0.39 is 21.5 Å². The Labute approximate surface area is 175 Å². The molecule has 7 heteroatoms. The molecule has 152 valence electrons. The van der Waals surface area contributed by atoms with Gasteiger partial charge >= 0.3 is 0 Å². The Kier molecular flexibility index (Phi) is 6.82. The van der Waals surface area contributed by atoms with E-state index in [0.717, 1.165) is 29.0 Å². The monoisotopic (exact) mass is 428 g/mol. The van der Waals surface area contributed by atoms with Crippen molar-refractivity contribution < 1.29 is 13.2 Å². The Bertz CT molecular complexity index is 1070. The second-order valence-electron chi connectivity index (χ2n) is 6.83. The first kappa shape index (κ1) is 21.2. The summed E-state index contributed by atoms with van der Waals surface area (Å²) in [6.07, 6.45) is 1.87. The molecule has 0 spiro atoms. The Balaban J connectivity index is 1.61. The van der Waals surface area contributed by atoms with Gasteiger partial charge < -0.3 is 5.32 Å². The molecule has 0 fully saturated rings. The molecule has 0 bridgehead atoms. The van der Waals surface area contributed by atoms with Crippen molar-refractivity contribution in [2.75, 3.05) is 11.1 Å². The Morgan fingerprint density at radius 2 is 1.55 bits per heavy atom. The minimum absolute atomic E-state index is 0.251. The number of amides is 1. The number of thiazole rings is 1. The molecular weight excluding hydrogens is 404 g/mol. The van der Waals surface area contributed by atoms with Gasteiger partial charge in [-0.3, -0.25) is 4.79 Å². The fourth-order valence-corrected chi connectivity index (χ4v) is 4.99. The predicted octanol–water partition coefficient (Wildman–Crippen LogP) is 4.49. The van der Waals surface area contributed by atoms with Crippen LogP contribution in [-0.2, 0) is 33.2 Å². The largest absolute Gasteiger partial charge is 0.325 e. The molecular formula is C22H24N2O3S2. The van der Waals surface area contributed by atoms with Gasteiger partial charge in [0.2, 0.25) is 5.91 Å². The molecule has 0 atom stereocenters. The molecule has 3 rings (SSSR count). The van der Waals surface area contributed by atoms with E-state index in [-0.39, 0.29) is 5.75 Å². The fourth-order valence-electron chi connectivity index (χ4n) is 2.89. The number of sulfone groups is 1. The molecule has 3 aromatic rings. The molecule has 0 saturated heterocycles. The molecule has 2 aromatic carbocycles. The second kappa shape index (κ2) is 9.33. The number of anilines is 1. The van der Waals surface area contributed by atoms with Crippen LogP contribution < -0.4 is 5.32 Å². The Morgan fingerprint density at radius 3 is 2.14 bits per heavy atom. The van der Waals surface area contributed by atoms with Gasteiger partial charge in [-0.15, -0.1) is 11.3 Å². The number of aryl methyl sites for hydroxylation is 2. The zero-order chi connectivity index (χ0) is 20.9. The molecule has 0 aliphatic carbocycles. The SMILES string of the molecule is CCc1ccc(NC(=O)CS(=O)(=O)Cc2csc(-c3ccc(CC)cc3)n2)cc1. The van der Waals surface area contributed by atoms with Gasteiger partial charge in [-0.05, 0) is 36.1 Å². The van der Waals surface area contributed by atoms with Crippen molar-refractivity contribution in [1.29, 1.82) is 0 Å². The van der Waals surface area contributed by atoms with Crippen molar-refractivity contribution in [1.82, 2.24) is 4.98 Å². The zero-order valence-corrected chi connectivity index (χ0v) is 18.1. The third-order valence-electron chi connectivity index (χ3n) is 4.53. The van der Waals surface area contributed by atoms with Gasteiger partial charge in [0.05, 0.1) is 11.4 Å². The number of hydrogen-bond donors (Lipinski definition) is 1. The average molecular weight is 429 g/mol. The molecule has 0 unspecified atom stereocenters. The van der Waals surface area contributed by atoms with Crippen LogP contribution >= 0.6 is 11.3 Å². The van der Waals surface area contributed by atoms with E-state index in [1.54, 1.807) is 17.5 Å². The lowest BCUT2D eigenvalue weighted by Gasteiger charge is -2.06. The maximum absolute atomic E-state index is 12.4. The maximum atomic E-state index is 12.4. The van der Waals surface area contributed by atoms with E-state index in [2.05, 4.69) is 17.2 Å². The molecule has 0 saturated carbocycles. The smallest absolute Gasteiger partial charge is 0.239 e. The number of benzene rings is 2. The Morgan fingerprint density at radius 1 is 0.966 bits per heavy atom. The third-order valence-corrected chi connectivity index (χ3v) is 6.90. The van der Waals surface area contributed by atoms with Crippen LogP contribution in [0.3, 0.4) is 0 Å². The summed E-state index contributed by atoms with van der Waals surface area (Å²) >= 11 is 1.41. The summed E-state index contributed by atoms with van der Waals surface area (Å²) in [5.74, 6) is -1.36. The van der Waals surface area contributed by atoms with Crippen LogP contribution in [0.4, 0.5) is 5.69 Å². The summed E-state index contributed by atoms with van der Waals surface area (Å²) in [7, 11) is -3.61. The van der Waals surface area contributed by atoms with Crippen molar-refractivity contribution in [3.05, 3.63) is 70.7 Å². The Hall–Kier alpha value is -2.51. The lowest BCUT2D eigenvalue weighted by atomic mass is 10.1. The summed E-state index contributed by atoms with van der Waals surface area (Å²) in [4.78, 5) is 16.6. The lowest BCUT2D eigenvalue weighted by Crippen LogP contribution is -2.24. The molecule has 1 heterocycles. The second-order valence-corrected chi connectivity index (χ2v) is 9.75. The van der Waals surface area contributed by atoms with Crippen LogP contribution in [0.15, 0.2) is 53.9 Å². The average Bonchev–Trinajstić information content (AvgIpc) is 3.15. The summed E-state index contributed by atoms with van der Waals surface area (Å²) in [6.45, 7) is 4.14. The molecule has 5 nitrogen and oxygen atoms in total. The quantitative estimate of drug-likeness (QED) is 0.574. The zero-order valence-electron chi connectivity index (χ0n) is 16.5. The maximum Gasteiger partial charge on any atom is 0.239 e. The van der Waals surface area contributed by atoms with Gasteiger partial charge in [0.15, 0.2) is 9.84 Å². The van der Waals surface area contributed by atoms with Crippen molar-refractivity contribution in [3.8, 4) is 10.6 Å². The topological polar surface area (TPSA) is 76.1 Å². The van der Waals surface area contributed by atoms with E-state index in [1.807, 2.05) is 43.3 Å². The number of nitrogens with one attached hydrogen (secondary N) is 1. The summed E-state index contributed by atoms with van der Waals surface area (Å²) in [5, 5.41) is 5.16. The van der Waals surface area contributed by atoms with E-state index in [9.17, 15) is 13.2 Å². The first-order valence-electron chi connectivity index (χ1n) is 9.51. The molecule has 0 radical (unpaired) electrons. The highest BCUT2D eigenvalue weighted by atomic mass is 32.2. The molecule has 1 N–H and O–H groups in total. The van der Waals surface area contributed by atoms with Gasteiger partial charge in [0, 0.05) is 16.6 Å². The van der Waals surface area contributed by atoms with Crippen LogP contribution in [0.1, 0.15) is 30.7 Å². The number of carbonyl (C=O) groups is 1. The highest BCUT2D eigenvalue weighted by molar-refractivity contribution is 7.91. The molecule has 0 aliphatic heterocycles. The number of aromatic nitrogens is 1. The minimum atomic E-state index is -3.61. The lowest BCUT2D eigenvalue weighted by molar-refractivity contribution is -0.113. The van der Waals surface area contributed by atoms with E-state index in [4.69, 9.17) is 0 Å².